The van der Waals surface area contributed by atoms with Gasteiger partial charge in [0.1, 0.15) is 45.7 Å². The largest absolute Gasteiger partial charge is 0.497 e. The second kappa shape index (κ2) is 11.7. The lowest BCUT2D eigenvalue weighted by molar-refractivity contribution is 0.413. The van der Waals surface area contributed by atoms with E-state index in [1.165, 1.54) is 12.1 Å². The lowest BCUT2D eigenvalue weighted by atomic mass is 10.0. The van der Waals surface area contributed by atoms with Crippen molar-refractivity contribution < 1.29 is 27.8 Å². The van der Waals surface area contributed by atoms with Crippen LogP contribution in [0.4, 0.5) is 0 Å². The molecule has 8 nitrogen and oxygen atoms in total. The quantitative estimate of drug-likeness (QED) is 0.200. The molecule has 0 fully saturated rings. The first-order valence-electron chi connectivity index (χ1n) is 13.5. The molecular formula is C36H26O8. The molecule has 0 atom stereocenters. The summed E-state index contributed by atoms with van der Waals surface area (Å²) in [5, 5.41) is 0.910. The van der Waals surface area contributed by atoms with Crippen LogP contribution >= 0.6 is 0 Å². The highest BCUT2D eigenvalue weighted by molar-refractivity contribution is 5.81. The number of fused-ring (bicyclic) bond motifs is 2. The van der Waals surface area contributed by atoms with Crippen molar-refractivity contribution in [2.45, 2.75) is 0 Å². The Morgan fingerprint density at radius 3 is 1.32 bits per heavy atom. The number of hydrogen-bond acceptors (Lipinski definition) is 8. The molecule has 8 heteroatoms. The Balaban J connectivity index is 1.42. The summed E-state index contributed by atoms with van der Waals surface area (Å²) in [5.74, 6) is 9.33. The zero-order valence-corrected chi connectivity index (χ0v) is 24.3. The minimum Gasteiger partial charge on any atom is -0.497 e. The van der Waals surface area contributed by atoms with Gasteiger partial charge in [0, 0.05) is 35.4 Å². The Bertz CT molecular complexity index is 2070. The molecule has 6 aromatic rings. The van der Waals surface area contributed by atoms with Gasteiger partial charge in [-0.2, -0.15) is 0 Å². The van der Waals surface area contributed by atoms with E-state index in [0.29, 0.717) is 78.7 Å². The second-order valence-electron chi connectivity index (χ2n) is 9.75. The third-order valence-electron chi connectivity index (χ3n) is 7.17. The van der Waals surface area contributed by atoms with E-state index in [1.54, 1.807) is 101 Å². The van der Waals surface area contributed by atoms with Crippen LogP contribution in [0.15, 0.2) is 103 Å². The molecule has 0 saturated heterocycles. The highest BCUT2D eigenvalue weighted by atomic mass is 16.5. The smallest absolute Gasteiger partial charge is 0.193 e. The number of methoxy groups -OCH3 is 4. The molecule has 6 rings (SSSR count). The molecule has 0 aliphatic heterocycles. The SMILES string of the molecule is COc1ccc2c(=O)cc(-c3ccc(OC)c(C#Cc4cc(-c5cc(=O)c6ccc(OC)cc6o5)ccc4OC)c3)oc2c1. The van der Waals surface area contributed by atoms with E-state index < -0.39 is 0 Å². The van der Waals surface area contributed by atoms with E-state index in [0.717, 1.165) is 0 Å². The molecule has 0 saturated carbocycles. The molecule has 4 aromatic carbocycles. The average Bonchev–Trinajstić information content (AvgIpc) is 3.06. The standard InChI is InChI=1S/C36H26O8/c1-39-25-9-11-27-29(37)19-33(43-35(27)17-25)23-7-13-31(41-3)21(15-23)5-6-22-16-24(8-14-32(22)42-4)34-20-30(38)28-12-10-26(40-2)18-36(28)44-34/h7-20H,1-4H3. The van der Waals surface area contributed by atoms with Crippen LogP contribution in [0.25, 0.3) is 44.6 Å². The highest BCUT2D eigenvalue weighted by Crippen LogP contribution is 2.31. The van der Waals surface area contributed by atoms with Crippen LogP contribution in [-0.2, 0) is 0 Å². The molecule has 218 valence electrons. The van der Waals surface area contributed by atoms with E-state index in [2.05, 4.69) is 11.8 Å². The maximum absolute atomic E-state index is 12.8. The Labute approximate surface area is 252 Å². The van der Waals surface area contributed by atoms with Gasteiger partial charge >= 0.3 is 0 Å². The summed E-state index contributed by atoms with van der Waals surface area (Å²) in [5.41, 5.74) is 2.90. The van der Waals surface area contributed by atoms with E-state index in [1.807, 2.05) is 0 Å². The van der Waals surface area contributed by atoms with Gasteiger partial charge < -0.3 is 27.8 Å². The predicted molar refractivity (Wildman–Crippen MR) is 168 cm³/mol. The molecule has 0 unspecified atom stereocenters. The highest BCUT2D eigenvalue weighted by Gasteiger charge is 2.13. The maximum atomic E-state index is 12.8. The van der Waals surface area contributed by atoms with Gasteiger partial charge in [0.15, 0.2) is 10.9 Å². The van der Waals surface area contributed by atoms with Gasteiger partial charge in [-0.15, -0.1) is 0 Å². The van der Waals surface area contributed by atoms with Gasteiger partial charge in [0.2, 0.25) is 0 Å². The first-order chi connectivity index (χ1) is 21.4. The lowest BCUT2D eigenvalue weighted by Crippen LogP contribution is -2.01. The van der Waals surface area contributed by atoms with Gasteiger partial charge in [-0.3, -0.25) is 9.59 Å². The van der Waals surface area contributed by atoms with Crippen LogP contribution in [-0.4, -0.2) is 28.4 Å². The van der Waals surface area contributed by atoms with Crippen LogP contribution < -0.4 is 29.8 Å². The molecule has 2 aromatic heterocycles. The molecule has 0 aliphatic carbocycles. The van der Waals surface area contributed by atoms with Crippen LogP contribution in [0.1, 0.15) is 11.1 Å². The molecule has 44 heavy (non-hydrogen) atoms. The van der Waals surface area contributed by atoms with Crippen LogP contribution in [0.2, 0.25) is 0 Å². The minimum absolute atomic E-state index is 0.173. The van der Waals surface area contributed by atoms with Gasteiger partial charge in [0.05, 0.1) is 50.3 Å². The summed E-state index contributed by atoms with van der Waals surface area (Å²) < 4.78 is 33.9. The van der Waals surface area contributed by atoms with Crippen molar-refractivity contribution in [1.82, 2.24) is 0 Å². The van der Waals surface area contributed by atoms with E-state index >= 15 is 0 Å². The van der Waals surface area contributed by atoms with Crippen LogP contribution in [0, 0.1) is 11.8 Å². The minimum atomic E-state index is -0.173. The van der Waals surface area contributed by atoms with Crippen molar-refractivity contribution in [3.63, 3.8) is 0 Å². The zero-order chi connectivity index (χ0) is 30.8. The Morgan fingerprint density at radius 1 is 0.500 bits per heavy atom. The third kappa shape index (κ3) is 5.35. The second-order valence-corrected chi connectivity index (χ2v) is 9.75. The Morgan fingerprint density at radius 2 is 0.932 bits per heavy atom. The van der Waals surface area contributed by atoms with Crippen molar-refractivity contribution in [3.05, 3.63) is 117 Å². The molecule has 0 amide bonds. The Kier molecular flexibility index (Phi) is 7.52. The molecule has 0 bridgehead atoms. The third-order valence-corrected chi connectivity index (χ3v) is 7.17. The van der Waals surface area contributed by atoms with Crippen molar-refractivity contribution in [2.24, 2.45) is 0 Å². The van der Waals surface area contributed by atoms with Gasteiger partial charge in [0.25, 0.3) is 0 Å². The summed E-state index contributed by atoms with van der Waals surface area (Å²) in [6, 6.07) is 23.8. The molecule has 0 aliphatic rings. The normalized spacial score (nSPS) is 10.7. The summed E-state index contributed by atoms with van der Waals surface area (Å²) in [6.07, 6.45) is 0. The first kappa shape index (κ1) is 28.2. The number of ether oxygens (including phenoxy) is 4. The van der Waals surface area contributed by atoms with Crippen LogP contribution in [0.3, 0.4) is 0 Å². The predicted octanol–water partition coefficient (Wildman–Crippen LogP) is 6.67. The van der Waals surface area contributed by atoms with Gasteiger partial charge in [-0.25, -0.2) is 0 Å². The van der Waals surface area contributed by atoms with E-state index in [9.17, 15) is 9.59 Å². The summed E-state index contributed by atoms with van der Waals surface area (Å²) in [4.78, 5) is 25.7. The maximum Gasteiger partial charge on any atom is 0.193 e. The van der Waals surface area contributed by atoms with Crippen molar-refractivity contribution in [3.8, 4) is 57.5 Å². The van der Waals surface area contributed by atoms with Gasteiger partial charge in [-0.1, -0.05) is 11.8 Å². The molecule has 2 heterocycles. The fourth-order valence-corrected chi connectivity index (χ4v) is 4.86. The van der Waals surface area contributed by atoms with Gasteiger partial charge in [-0.05, 0) is 60.7 Å². The topological polar surface area (TPSA) is 97.3 Å². The summed E-state index contributed by atoms with van der Waals surface area (Å²) in [6.45, 7) is 0. The van der Waals surface area contributed by atoms with Crippen molar-refractivity contribution in [2.75, 3.05) is 28.4 Å². The van der Waals surface area contributed by atoms with E-state index in [4.69, 9.17) is 27.8 Å². The number of benzene rings is 4. The molecule has 0 N–H and O–H groups in total. The van der Waals surface area contributed by atoms with E-state index in [-0.39, 0.29) is 10.9 Å². The summed E-state index contributed by atoms with van der Waals surface area (Å²) in [7, 11) is 6.22. The zero-order valence-electron chi connectivity index (χ0n) is 24.3. The fourth-order valence-electron chi connectivity index (χ4n) is 4.86. The number of hydrogen-bond donors (Lipinski definition) is 0. The summed E-state index contributed by atoms with van der Waals surface area (Å²) >= 11 is 0. The molecular weight excluding hydrogens is 560 g/mol. The average molecular weight is 587 g/mol. The fraction of sp³-hybridized carbons (Fsp3) is 0.111. The van der Waals surface area contributed by atoms with Crippen molar-refractivity contribution >= 4 is 21.9 Å². The van der Waals surface area contributed by atoms with Crippen LogP contribution in [0.5, 0.6) is 23.0 Å². The lowest BCUT2D eigenvalue weighted by Gasteiger charge is -2.09. The Hall–Kier alpha value is -5.94. The monoisotopic (exact) mass is 586 g/mol. The molecule has 0 radical (unpaired) electrons. The first-order valence-corrected chi connectivity index (χ1v) is 13.5. The molecule has 0 spiro atoms. The number of rotatable bonds is 6. The van der Waals surface area contributed by atoms with Crippen molar-refractivity contribution in [1.29, 1.82) is 0 Å².